The Bertz CT molecular complexity index is 189. The van der Waals surface area contributed by atoms with Gasteiger partial charge in [0, 0.05) is 12.3 Å². The Labute approximate surface area is 57.1 Å². The zero-order valence-corrected chi connectivity index (χ0v) is 5.65. The summed E-state index contributed by atoms with van der Waals surface area (Å²) < 4.78 is 0. The van der Waals surface area contributed by atoms with Crippen LogP contribution in [0, 0.1) is 0 Å². The van der Waals surface area contributed by atoms with Crippen molar-refractivity contribution < 1.29 is 4.79 Å². The quantitative estimate of drug-likeness (QED) is 0.474. The third-order valence-electron chi connectivity index (χ3n) is 1.41. The predicted octanol–water partition coefficient (Wildman–Crippen LogP) is -0.0686. The highest BCUT2D eigenvalue weighted by atomic mass is 32.2. The predicted molar refractivity (Wildman–Crippen MR) is 36.5 cm³/mol. The monoisotopic (exact) mass is 142 g/mol. The lowest BCUT2D eigenvalue weighted by Gasteiger charge is -2.05. The number of nitrogens with zero attached hydrogens (tertiary/aromatic N) is 2. The summed E-state index contributed by atoms with van der Waals surface area (Å²) in [5.41, 5.74) is 0. The van der Waals surface area contributed by atoms with Crippen LogP contribution in [0.1, 0.15) is 0 Å². The van der Waals surface area contributed by atoms with Gasteiger partial charge >= 0.3 is 0 Å². The summed E-state index contributed by atoms with van der Waals surface area (Å²) in [5.74, 6) is 1.10. The molecule has 2 rings (SSSR count). The third-order valence-corrected chi connectivity index (χ3v) is 2.40. The van der Waals surface area contributed by atoms with Gasteiger partial charge in [0.1, 0.15) is 6.54 Å². The first-order chi connectivity index (χ1) is 4.36. The number of carbonyl (C=O) groups excluding carboxylic acids is 1. The summed E-state index contributed by atoms with van der Waals surface area (Å²) in [6.45, 7) is 1.51. The second-order valence-electron chi connectivity index (χ2n) is 2.06. The number of hydrogen-bond acceptors (Lipinski definition) is 3. The summed E-state index contributed by atoms with van der Waals surface area (Å²) in [7, 11) is 0. The third kappa shape index (κ3) is 0.738. The summed E-state index contributed by atoms with van der Waals surface area (Å²) in [4.78, 5) is 16.5. The summed E-state index contributed by atoms with van der Waals surface area (Å²) in [6.07, 6.45) is 0. The van der Waals surface area contributed by atoms with Crippen molar-refractivity contribution in [3.8, 4) is 0 Å². The Kier molecular flexibility index (Phi) is 1.02. The summed E-state index contributed by atoms with van der Waals surface area (Å²) in [5, 5.41) is 0.931. The van der Waals surface area contributed by atoms with Crippen LogP contribution in [0.4, 0.5) is 0 Å². The van der Waals surface area contributed by atoms with Crippen LogP contribution in [0.5, 0.6) is 0 Å². The number of fused-ring (bicyclic) bond motifs is 1. The first-order valence-corrected chi connectivity index (χ1v) is 3.84. The van der Waals surface area contributed by atoms with Gasteiger partial charge in [0.2, 0.25) is 0 Å². The van der Waals surface area contributed by atoms with E-state index in [1.807, 2.05) is 4.90 Å². The minimum atomic E-state index is 0.0113. The van der Waals surface area contributed by atoms with E-state index in [0.717, 1.165) is 17.5 Å². The van der Waals surface area contributed by atoms with Crippen molar-refractivity contribution in [3.05, 3.63) is 0 Å². The number of aliphatic imine (C=N–C) groups is 1. The molecule has 2 aliphatic heterocycles. The average Bonchev–Trinajstić information content (AvgIpc) is 2.22. The van der Waals surface area contributed by atoms with Gasteiger partial charge in [-0.25, -0.2) is 0 Å². The molecule has 0 aliphatic carbocycles. The Morgan fingerprint density at radius 2 is 2.56 bits per heavy atom. The molecule has 0 saturated carbocycles. The molecular weight excluding hydrogens is 136 g/mol. The van der Waals surface area contributed by atoms with E-state index in [4.69, 9.17) is 0 Å². The van der Waals surface area contributed by atoms with E-state index in [0.29, 0.717) is 6.54 Å². The fourth-order valence-electron chi connectivity index (χ4n) is 0.989. The highest BCUT2D eigenvalue weighted by Crippen LogP contribution is 2.21. The molecular formula is C5H6N2OS. The van der Waals surface area contributed by atoms with Crippen molar-refractivity contribution >= 4 is 22.8 Å². The normalized spacial score (nSPS) is 24.7. The Balaban J connectivity index is 2.27. The lowest BCUT2D eigenvalue weighted by atomic mass is 10.5. The molecule has 0 aromatic carbocycles. The van der Waals surface area contributed by atoms with Gasteiger partial charge in [-0.1, -0.05) is 11.8 Å². The second kappa shape index (κ2) is 1.73. The van der Waals surface area contributed by atoms with Crippen molar-refractivity contribution in [3.63, 3.8) is 0 Å². The van der Waals surface area contributed by atoms with Gasteiger partial charge in [-0.2, -0.15) is 4.99 Å². The van der Waals surface area contributed by atoms with E-state index in [1.54, 1.807) is 11.8 Å². The fourth-order valence-corrected chi connectivity index (χ4v) is 1.99. The number of hydrogen-bond donors (Lipinski definition) is 0. The first-order valence-electron chi connectivity index (χ1n) is 2.85. The number of thioether (sulfide) groups is 1. The van der Waals surface area contributed by atoms with Gasteiger partial charge in [-0.3, -0.25) is 4.79 Å². The van der Waals surface area contributed by atoms with Crippen LogP contribution < -0.4 is 0 Å². The largest absolute Gasteiger partial charge is 0.341 e. The van der Waals surface area contributed by atoms with Gasteiger partial charge in [0.25, 0.3) is 5.91 Å². The SMILES string of the molecule is O=C1CN2CCSC2=N1. The van der Waals surface area contributed by atoms with E-state index in [9.17, 15) is 4.79 Å². The molecule has 0 aromatic heterocycles. The van der Waals surface area contributed by atoms with Gasteiger partial charge in [0.05, 0.1) is 0 Å². The second-order valence-corrected chi connectivity index (χ2v) is 3.12. The lowest BCUT2D eigenvalue weighted by Crippen LogP contribution is -2.22. The van der Waals surface area contributed by atoms with Crippen LogP contribution in [-0.2, 0) is 4.79 Å². The maximum atomic E-state index is 10.6. The van der Waals surface area contributed by atoms with Crippen molar-refractivity contribution in [1.29, 1.82) is 0 Å². The smallest absolute Gasteiger partial charge is 0.267 e. The van der Waals surface area contributed by atoms with Crippen molar-refractivity contribution in [1.82, 2.24) is 4.90 Å². The molecule has 1 fully saturated rings. The molecule has 1 saturated heterocycles. The first kappa shape index (κ1) is 5.29. The molecule has 0 N–H and O–H groups in total. The maximum absolute atomic E-state index is 10.6. The van der Waals surface area contributed by atoms with E-state index in [1.165, 1.54) is 0 Å². The molecule has 0 radical (unpaired) electrons. The van der Waals surface area contributed by atoms with Gasteiger partial charge in [-0.05, 0) is 0 Å². The van der Waals surface area contributed by atoms with E-state index >= 15 is 0 Å². The fraction of sp³-hybridized carbons (Fsp3) is 0.600. The van der Waals surface area contributed by atoms with Crippen molar-refractivity contribution in [2.75, 3.05) is 18.8 Å². The molecule has 3 nitrogen and oxygen atoms in total. The molecule has 2 aliphatic rings. The van der Waals surface area contributed by atoms with Crippen LogP contribution in [0.15, 0.2) is 4.99 Å². The summed E-state index contributed by atoms with van der Waals surface area (Å²) in [6, 6.07) is 0. The van der Waals surface area contributed by atoms with Crippen molar-refractivity contribution in [2.24, 2.45) is 4.99 Å². The minimum absolute atomic E-state index is 0.0113. The molecule has 0 spiro atoms. The van der Waals surface area contributed by atoms with Crippen LogP contribution >= 0.6 is 11.8 Å². The van der Waals surface area contributed by atoms with Gasteiger partial charge in [0.15, 0.2) is 5.17 Å². The Morgan fingerprint density at radius 3 is 3.33 bits per heavy atom. The standard InChI is InChI=1S/C5H6N2OS/c8-4-3-7-1-2-9-5(7)6-4/h1-3H2. The van der Waals surface area contributed by atoms with Gasteiger partial charge in [-0.15, -0.1) is 0 Å². The molecule has 0 unspecified atom stereocenters. The molecule has 2 heterocycles. The maximum Gasteiger partial charge on any atom is 0.267 e. The van der Waals surface area contributed by atoms with Crippen molar-refractivity contribution in [2.45, 2.75) is 0 Å². The molecule has 48 valence electrons. The van der Waals surface area contributed by atoms with Crippen LogP contribution in [0.2, 0.25) is 0 Å². The zero-order chi connectivity index (χ0) is 6.27. The minimum Gasteiger partial charge on any atom is -0.341 e. The number of rotatable bonds is 0. The molecule has 9 heavy (non-hydrogen) atoms. The lowest BCUT2D eigenvalue weighted by molar-refractivity contribution is -0.117. The van der Waals surface area contributed by atoms with E-state index < -0.39 is 0 Å². The molecule has 4 heteroatoms. The van der Waals surface area contributed by atoms with Gasteiger partial charge < -0.3 is 4.90 Å². The Morgan fingerprint density at radius 1 is 1.67 bits per heavy atom. The molecule has 0 atom stereocenters. The van der Waals surface area contributed by atoms with E-state index in [2.05, 4.69) is 4.99 Å². The van der Waals surface area contributed by atoms with Crippen LogP contribution in [0.3, 0.4) is 0 Å². The van der Waals surface area contributed by atoms with Crippen LogP contribution in [0.25, 0.3) is 0 Å². The number of carbonyl (C=O) groups is 1. The summed E-state index contributed by atoms with van der Waals surface area (Å²) >= 11 is 1.67. The highest BCUT2D eigenvalue weighted by Gasteiger charge is 2.27. The number of amidine groups is 1. The molecule has 0 aromatic rings. The van der Waals surface area contributed by atoms with E-state index in [-0.39, 0.29) is 5.91 Å². The highest BCUT2D eigenvalue weighted by molar-refractivity contribution is 8.14. The topological polar surface area (TPSA) is 32.7 Å². The zero-order valence-electron chi connectivity index (χ0n) is 4.83. The average molecular weight is 142 g/mol. The molecule has 1 amide bonds. The Hall–Kier alpha value is -0.510. The number of amides is 1. The van der Waals surface area contributed by atoms with Crippen LogP contribution in [-0.4, -0.2) is 34.8 Å². The molecule has 0 bridgehead atoms.